The van der Waals surface area contributed by atoms with Crippen molar-refractivity contribution < 1.29 is 24.6 Å². The molecule has 2 aliphatic heterocycles. The van der Waals surface area contributed by atoms with Crippen LogP contribution < -0.4 is 15.5 Å². The molecule has 2 amide bonds. The zero-order valence-electron chi connectivity index (χ0n) is 14.2. The highest BCUT2D eigenvalue weighted by molar-refractivity contribution is 7.80. The highest BCUT2D eigenvalue weighted by atomic mass is 32.1. The van der Waals surface area contributed by atoms with Crippen molar-refractivity contribution in [1.29, 1.82) is 0 Å². The summed E-state index contributed by atoms with van der Waals surface area (Å²) in [5, 5.41) is 25.9. The van der Waals surface area contributed by atoms with Gasteiger partial charge in [0.2, 0.25) is 5.66 Å². The highest BCUT2D eigenvalue weighted by Gasteiger charge is 2.65. The van der Waals surface area contributed by atoms with Crippen LogP contribution in [-0.2, 0) is 14.4 Å². The molecule has 2 aliphatic rings. The zero-order valence-corrected chi connectivity index (χ0v) is 15.0. The van der Waals surface area contributed by atoms with Gasteiger partial charge in [0.1, 0.15) is 17.1 Å². The molecule has 140 valence electrons. The minimum Gasteiger partial charge on any atom is -0.507 e. The second-order valence-corrected chi connectivity index (χ2v) is 6.57. The normalized spacial score (nSPS) is 23.2. The maximum Gasteiger partial charge on any atom is 0.302 e. The number of carbonyl (C=O) groups is 3. The molecule has 0 aromatic heterocycles. The lowest BCUT2D eigenvalue weighted by molar-refractivity contribution is -0.132. The van der Waals surface area contributed by atoms with Gasteiger partial charge in [0.15, 0.2) is 5.11 Å². The number of aliphatic hydroxyl groups is 1. The highest BCUT2D eigenvalue weighted by Crippen LogP contribution is 2.43. The molecule has 4 N–H and O–H groups in total. The molecule has 2 heterocycles. The van der Waals surface area contributed by atoms with Crippen LogP contribution in [0.1, 0.15) is 5.56 Å². The average molecular weight is 395 g/mol. The monoisotopic (exact) mass is 395 g/mol. The number of benzene rings is 2. The van der Waals surface area contributed by atoms with Crippen LogP contribution in [0.4, 0.5) is 5.69 Å². The summed E-state index contributed by atoms with van der Waals surface area (Å²) in [5.41, 5.74) is -2.43. The van der Waals surface area contributed by atoms with Crippen molar-refractivity contribution >= 4 is 46.4 Å². The molecule has 1 spiro atoms. The van der Waals surface area contributed by atoms with Gasteiger partial charge in [-0.1, -0.05) is 42.5 Å². The van der Waals surface area contributed by atoms with E-state index in [-0.39, 0.29) is 22.1 Å². The van der Waals surface area contributed by atoms with E-state index in [0.29, 0.717) is 0 Å². The second-order valence-electron chi connectivity index (χ2n) is 6.17. The number of rotatable bonds is 2. The molecule has 0 aliphatic carbocycles. The van der Waals surface area contributed by atoms with Crippen molar-refractivity contribution in [3.63, 3.8) is 0 Å². The molecule has 2 aromatic carbocycles. The van der Waals surface area contributed by atoms with E-state index in [2.05, 4.69) is 10.6 Å². The maximum absolute atomic E-state index is 12.9. The Morgan fingerprint density at radius 3 is 2.25 bits per heavy atom. The molecule has 8 nitrogen and oxygen atoms in total. The summed E-state index contributed by atoms with van der Waals surface area (Å²) >= 11 is 5.02. The van der Waals surface area contributed by atoms with Crippen molar-refractivity contribution in [3.05, 3.63) is 65.7 Å². The predicted octanol–water partition coefficient (Wildman–Crippen LogP) is 0.978. The molecule has 9 heteroatoms. The number of aromatic hydroxyl groups is 1. The number of phenols is 1. The lowest BCUT2D eigenvalue weighted by atomic mass is 9.95. The van der Waals surface area contributed by atoms with Gasteiger partial charge in [0.05, 0.1) is 5.69 Å². The summed E-state index contributed by atoms with van der Waals surface area (Å²) in [5.74, 6) is -3.86. The average Bonchev–Trinajstić information content (AvgIpc) is 3.09. The van der Waals surface area contributed by atoms with Crippen LogP contribution >= 0.6 is 12.2 Å². The maximum atomic E-state index is 12.9. The topological polar surface area (TPSA) is 119 Å². The van der Waals surface area contributed by atoms with Crippen LogP contribution in [0, 0.1) is 0 Å². The minimum atomic E-state index is -2.12. The van der Waals surface area contributed by atoms with Crippen molar-refractivity contribution in [2.45, 2.75) is 5.66 Å². The molecule has 1 unspecified atom stereocenters. The molecule has 4 rings (SSSR count). The van der Waals surface area contributed by atoms with Gasteiger partial charge in [-0.2, -0.15) is 0 Å². The molecule has 0 saturated carbocycles. The molecule has 1 atom stereocenters. The van der Waals surface area contributed by atoms with E-state index in [1.54, 1.807) is 18.2 Å². The number of para-hydroxylation sites is 2. The van der Waals surface area contributed by atoms with E-state index in [1.807, 2.05) is 0 Å². The molecule has 28 heavy (non-hydrogen) atoms. The van der Waals surface area contributed by atoms with Gasteiger partial charge in [-0.25, -0.2) is 0 Å². The van der Waals surface area contributed by atoms with Crippen molar-refractivity contribution in [2.75, 3.05) is 4.90 Å². The number of amides is 2. The summed E-state index contributed by atoms with van der Waals surface area (Å²) in [6.45, 7) is 0. The lowest BCUT2D eigenvalue weighted by Gasteiger charge is -2.32. The Balaban J connectivity index is 2.04. The van der Waals surface area contributed by atoms with E-state index in [9.17, 15) is 24.6 Å². The molecule has 2 saturated heterocycles. The van der Waals surface area contributed by atoms with Crippen LogP contribution in [0.15, 0.2) is 60.2 Å². The number of nitrogens with one attached hydrogen (secondary N) is 2. The number of nitrogens with zero attached hydrogens (tertiary/aromatic N) is 1. The van der Waals surface area contributed by atoms with Crippen LogP contribution in [-0.4, -0.2) is 38.6 Å². The summed E-state index contributed by atoms with van der Waals surface area (Å²) < 4.78 is 0. The van der Waals surface area contributed by atoms with Gasteiger partial charge in [-0.3, -0.25) is 24.6 Å². The third-order valence-corrected chi connectivity index (χ3v) is 4.78. The molecule has 2 fully saturated rings. The largest absolute Gasteiger partial charge is 0.507 e. The molecular formula is C19H13N3O5S. The number of phenolic OH excluding ortho intramolecular Hbond substituents is 1. The third-order valence-electron chi connectivity index (χ3n) is 4.58. The fourth-order valence-electron chi connectivity index (χ4n) is 3.38. The Hall–Kier alpha value is -3.72. The number of hydrogen-bond donors (Lipinski definition) is 4. The van der Waals surface area contributed by atoms with Crippen LogP contribution in [0.2, 0.25) is 0 Å². The van der Waals surface area contributed by atoms with Crippen molar-refractivity contribution in [2.24, 2.45) is 0 Å². The Kier molecular flexibility index (Phi) is 3.90. The lowest BCUT2D eigenvalue weighted by Crippen LogP contribution is -2.59. The fraction of sp³-hybridized carbons (Fsp3) is 0.0526. The van der Waals surface area contributed by atoms with E-state index in [0.717, 1.165) is 4.90 Å². The second kappa shape index (κ2) is 6.17. The summed E-state index contributed by atoms with van der Waals surface area (Å²) in [6.07, 6.45) is 0. The number of thiocarbonyl (C=S) groups is 1. The first-order chi connectivity index (χ1) is 13.4. The number of aliphatic hydroxyl groups excluding tert-OH is 1. The Labute approximate surface area is 164 Å². The first-order valence-corrected chi connectivity index (χ1v) is 8.58. The smallest absolute Gasteiger partial charge is 0.302 e. The van der Waals surface area contributed by atoms with Crippen LogP contribution in [0.25, 0.3) is 5.76 Å². The fourth-order valence-corrected chi connectivity index (χ4v) is 3.62. The van der Waals surface area contributed by atoms with E-state index >= 15 is 0 Å². The van der Waals surface area contributed by atoms with Gasteiger partial charge >= 0.3 is 5.91 Å². The number of carbonyl (C=O) groups excluding carboxylic acids is 3. The number of Topliss-reactive ketones (excluding diaryl/α,β-unsaturated/α-hetero) is 1. The summed E-state index contributed by atoms with van der Waals surface area (Å²) in [7, 11) is 0. The molecular weight excluding hydrogens is 382 g/mol. The zero-order chi connectivity index (χ0) is 20.1. The number of anilines is 1. The third kappa shape index (κ3) is 2.30. The van der Waals surface area contributed by atoms with Crippen LogP contribution in [0.5, 0.6) is 5.75 Å². The number of hydrogen-bond acceptors (Lipinski definition) is 6. The Morgan fingerprint density at radius 2 is 1.64 bits per heavy atom. The summed E-state index contributed by atoms with van der Waals surface area (Å²) in [4.78, 5) is 39.5. The van der Waals surface area contributed by atoms with E-state index in [1.165, 1.54) is 36.4 Å². The van der Waals surface area contributed by atoms with Gasteiger partial charge in [-0.15, -0.1) is 0 Å². The minimum absolute atomic E-state index is 0.0796. The Bertz CT molecular complexity index is 1080. The van der Waals surface area contributed by atoms with E-state index < -0.39 is 34.6 Å². The Morgan fingerprint density at radius 1 is 1.00 bits per heavy atom. The van der Waals surface area contributed by atoms with Gasteiger partial charge in [-0.05, 0) is 24.4 Å². The van der Waals surface area contributed by atoms with E-state index in [4.69, 9.17) is 12.2 Å². The molecule has 0 radical (unpaired) electrons. The van der Waals surface area contributed by atoms with Crippen molar-refractivity contribution in [3.8, 4) is 5.75 Å². The first-order valence-electron chi connectivity index (χ1n) is 8.17. The standard InChI is InChI=1S/C19H13N3O5S/c23-12-9-5-4-8-11(12)22-16(26)15(25)13(14(24)10-6-2-1-3-7-10)19(22)17(27)20-18(28)21-19/h1-9,23-24H,(H2,20,21,27,28)/b14-13-. The predicted molar refractivity (Wildman–Crippen MR) is 103 cm³/mol. The first kappa shape index (κ1) is 17.7. The SMILES string of the molecule is O=C1C(=O)N(c2ccccc2O)C2(NC(=S)NC2=O)/C1=C(\O)c1ccccc1. The van der Waals surface area contributed by atoms with Gasteiger partial charge < -0.3 is 15.5 Å². The molecule has 2 aromatic rings. The van der Waals surface area contributed by atoms with Crippen LogP contribution in [0.3, 0.4) is 0 Å². The van der Waals surface area contributed by atoms with Crippen molar-refractivity contribution in [1.82, 2.24) is 10.6 Å². The summed E-state index contributed by atoms with van der Waals surface area (Å²) in [6, 6.07) is 13.8. The van der Waals surface area contributed by atoms with Gasteiger partial charge in [0.25, 0.3) is 11.7 Å². The van der Waals surface area contributed by atoms with Gasteiger partial charge in [0, 0.05) is 5.56 Å². The molecule has 0 bridgehead atoms. The quantitative estimate of drug-likeness (QED) is 0.259. The number of ketones is 1.